The Kier molecular flexibility index (Phi) is 4.02. The fourth-order valence-corrected chi connectivity index (χ4v) is 2.38. The van der Waals surface area contributed by atoms with E-state index in [0.29, 0.717) is 5.56 Å². The van der Waals surface area contributed by atoms with Crippen molar-refractivity contribution < 1.29 is 9.90 Å². The summed E-state index contributed by atoms with van der Waals surface area (Å²) in [5.74, 6) is 0.603. The van der Waals surface area contributed by atoms with Gasteiger partial charge in [-0.1, -0.05) is 27.2 Å². The van der Waals surface area contributed by atoms with E-state index in [9.17, 15) is 9.90 Å². The van der Waals surface area contributed by atoms with Gasteiger partial charge in [0.25, 0.3) is 0 Å². The molecule has 1 aromatic rings. The summed E-state index contributed by atoms with van der Waals surface area (Å²) in [6.45, 7) is 7.11. The highest BCUT2D eigenvalue weighted by Gasteiger charge is 2.23. The van der Waals surface area contributed by atoms with Crippen molar-refractivity contribution >= 4 is 11.8 Å². The van der Waals surface area contributed by atoms with Gasteiger partial charge >= 0.3 is 5.97 Å². The molecule has 1 aromatic heterocycles. The topological polar surface area (TPSA) is 53.4 Å². The Morgan fingerprint density at radius 3 is 2.50 bits per heavy atom. The molecule has 1 heterocycles. The molecule has 4 heteroatoms. The molecular formula is C16H24N2O2. The average Bonchev–Trinajstić information content (AvgIpc) is 2.31. The van der Waals surface area contributed by atoms with Crippen LogP contribution in [0.15, 0.2) is 12.1 Å². The summed E-state index contributed by atoms with van der Waals surface area (Å²) >= 11 is 0. The Balaban J connectivity index is 2.30. The fourth-order valence-electron chi connectivity index (χ4n) is 2.38. The van der Waals surface area contributed by atoms with Gasteiger partial charge in [-0.15, -0.1) is 0 Å². The van der Waals surface area contributed by atoms with Gasteiger partial charge in [-0.25, -0.2) is 9.78 Å². The number of carboxylic acids is 1. The van der Waals surface area contributed by atoms with Gasteiger partial charge in [-0.2, -0.15) is 0 Å². The summed E-state index contributed by atoms with van der Waals surface area (Å²) < 4.78 is 0. The highest BCUT2D eigenvalue weighted by atomic mass is 16.4. The lowest BCUT2D eigenvalue weighted by atomic mass is 9.85. The van der Waals surface area contributed by atoms with Gasteiger partial charge in [0.15, 0.2) is 0 Å². The van der Waals surface area contributed by atoms with E-state index in [2.05, 4.69) is 30.7 Å². The summed E-state index contributed by atoms with van der Waals surface area (Å²) in [5, 5.41) is 9.27. The first-order valence-electron chi connectivity index (χ1n) is 7.24. The number of nitrogens with zero attached hydrogens (tertiary/aromatic N) is 2. The number of hydrogen-bond donors (Lipinski definition) is 1. The van der Waals surface area contributed by atoms with Crippen molar-refractivity contribution in [2.45, 2.75) is 45.4 Å². The minimum atomic E-state index is -0.892. The SMILES string of the molecule is CN(CC1CCC1)c1cc(C(=O)O)cc(C(C)(C)C)n1. The zero-order chi connectivity index (χ0) is 14.9. The summed E-state index contributed by atoms with van der Waals surface area (Å²) in [6.07, 6.45) is 3.86. The molecule has 1 N–H and O–H groups in total. The van der Waals surface area contributed by atoms with Crippen molar-refractivity contribution in [3.63, 3.8) is 0 Å². The van der Waals surface area contributed by atoms with Crippen LogP contribution in [0, 0.1) is 5.92 Å². The van der Waals surface area contributed by atoms with Crippen molar-refractivity contribution in [2.75, 3.05) is 18.5 Å². The summed E-state index contributed by atoms with van der Waals surface area (Å²) in [6, 6.07) is 3.36. The number of anilines is 1. The number of aromatic nitrogens is 1. The first-order chi connectivity index (χ1) is 9.27. The zero-order valence-corrected chi connectivity index (χ0v) is 12.8. The maximum Gasteiger partial charge on any atom is 0.335 e. The first kappa shape index (κ1) is 14.8. The third-order valence-electron chi connectivity index (χ3n) is 3.98. The van der Waals surface area contributed by atoms with Crippen molar-refractivity contribution in [3.8, 4) is 0 Å². The molecule has 0 atom stereocenters. The number of pyridine rings is 1. The average molecular weight is 276 g/mol. The molecule has 1 saturated carbocycles. The molecule has 0 spiro atoms. The third kappa shape index (κ3) is 3.30. The van der Waals surface area contributed by atoms with Crippen LogP contribution in [0.1, 0.15) is 56.1 Å². The van der Waals surface area contributed by atoms with Crippen LogP contribution in [0.5, 0.6) is 0 Å². The van der Waals surface area contributed by atoms with E-state index in [4.69, 9.17) is 0 Å². The molecule has 1 aliphatic rings. The predicted molar refractivity (Wildman–Crippen MR) is 80.5 cm³/mol. The molecule has 2 rings (SSSR count). The van der Waals surface area contributed by atoms with Crippen molar-refractivity contribution in [3.05, 3.63) is 23.4 Å². The Labute approximate surface area is 120 Å². The molecule has 4 nitrogen and oxygen atoms in total. The van der Waals surface area contributed by atoms with Crippen LogP contribution in [0.4, 0.5) is 5.82 Å². The Hall–Kier alpha value is -1.58. The molecule has 0 aliphatic heterocycles. The smallest absolute Gasteiger partial charge is 0.335 e. The van der Waals surface area contributed by atoms with Crippen LogP contribution in [0.3, 0.4) is 0 Å². The zero-order valence-electron chi connectivity index (χ0n) is 12.8. The van der Waals surface area contributed by atoms with Crippen molar-refractivity contribution in [1.82, 2.24) is 4.98 Å². The molecular weight excluding hydrogens is 252 g/mol. The molecule has 0 unspecified atom stereocenters. The molecule has 0 radical (unpaired) electrons. The summed E-state index contributed by atoms with van der Waals surface area (Å²) in [4.78, 5) is 18.0. The molecule has 1 aliphatic carbocycles. The van der Waals surface area contributed by atoms with Gasteiger partial charge in [-0.3, -0.25) is 0 Å². The highest BCUT2D eigenvalue weighted by Crippen LogP contribution is 2.29. The van der Waals surface area contributed by atoms with Crippen LogP contribution >= 0.6 is 0 Å². The predicted octanol–water partition coefficient (Wildman–Crippen LogP) is 3.31. The van der Waals surface area contributed by atoms with Crippen molar-refractivity contribution in [2.24, 2.45) is 5.92 Å². The van der Waals surface area contributed by atoms with Crippen molar-refractivity contribution in [1.29, 1.82) is 0 Å². The second-order valence-electron chi connectivity index (χ2n) is 6.83. The Morgan fingerprint density at radius 1 is 1.40 bits per heavy atom. The van der Waals surface area contributed by atoms with Crippen LogP contribution in [0.25, 0.3) is 0 Å². The largest absolute Gasteiger partial charge is 0.478 e. The van der Waals surface area contributed by atoms with Gasteiger partial charge < -0.3 is 10.0 Å². The molecule has 110 valence electrons. The third-order valence-corrected chi connectivity index (χ3v) is 3.98. The highest BCUT2D eigenvalue weighted by molar-refractivity contribution is 5.88. The van der Waals surface area contributed by atoms with Crippen LogP contribution in [-0.4, -0.2) is 29.7 Å². The standard InChI is InChI=1S/C16H24N2O2/c1-16(2,3)13-8-12(15(19)20)9-14(17-13)18(4)10-11-6-5-7-11/h8-9,11H,5-7,10H2,1-4H3,(H,19,20). The minimum absolute atomic E-state index is 0.155. The van der Waals surface area contributed by atoms with E-state index in [1.54, 1.807) is 12.1 Å². The van der Waals surface area contributed by atoms with Crippen LogP contribution in [-0.2, 0) is 5.41 Å². The van der Waals surface area contributed by atoms with Gasteiger partial charge in [0.05, 0.1) is 5.56 Å². The Bertz CT molecular complexity index is 502. The molecule has 20 heavy (non-hydrogen) atoms. The van der Waals surface area contributed by atoms with Gasteiger partial charge in [0.2, 0.25) is 0 Å². The van der Waals surface area contributed by atoms with Crippen LogP contribution < -0.4 is 4.90 Å². The molecule has 0 bridgehead atoms. The van der Waals surface area contributed by atoms with E-state index in [-0.39, 0.29) is 5.41 Å². The summed E-state index contributed by atoms with van der Waals surface area (Å²) in [5.41, 5.74) is 0.991. The monoisotopic (exact) mass is 276 g/mol. The maximum atomic E-state index is 11.3. The second kappa shape index (κ2) is 5.43. The van der Waals surface area contributed by atoms with E-state index in [1.807, 2.05) is 7.05 Å². The van der Waals surface area contributed by atoms with E-state index < -0.39 is 5.97 Å². The molecule has 1 fully saturated rings. The number of aromatic carboxylic acids is 1. The quantitative estimate of drug-likeness (QED) is 0.916. The molecule has 0 saturated heterocycles. The van der Waals surface area contributed by atoms with E-state index in [1.165, 1.54) is 19.3 Å². The maximum absolute atomic E-state index is 11.3. The lowest BCUT2D eigenvalue weighted by Gasteiger charge is -2.31. The minimum Gasteiger partial charge on any atom is -0.478 e. The number of hydrogen-bond acceptors (Lipinski definition) is 3. The summed E-state index contributed by atoms with van der Waals surface area (Å²) in [7, 11) is 2.00. The number of carboxylic acid groups (broad SMARTS) is 1. The van der Waals surface area contributed by atoms with Gasteiger partial charge in [0.1, 0.15) is 5.82 Å². The normalized spacial score (nSPS) is 15.8. The van der Waals surface area contributed by atoms with E-state index in [0.717, 1.165) is 24.0 Å². The van der Waals surface area contributed by atoms with Gasteiger partial charge in [-0.05, 0) is 30.9 Å². The number of rotatable bonds is 4. The van der Waals surface area contributed by atoms with Gasteiger partial charge in [0, 0.05) is 24.7 Å². The Morgan fingerprint density at radius 2 is 2.05 bits per heavy atom. The van der Waals surface area contributed by atoms with E-state index >= 15 is 0 Å². The molecule has 0 amide bonds. The first-order valence-corrected chi connectivity index (χ1v) is 7.24. The lowest BCUT2D eigenvalue weighted by molar-refractivity contribution is 0.0696. The molecule has 0 aromatic carbocycles. The lowest BCUT2D eigenvalue weighted by Crippen LogP contribution is -2.30. The van der Waals surface area contributed by atoms with Crippen LogP contribution in [0.2, 0.25) is 0 Å². The second-order valence-corrected chi connectivity index (χ2v) is 6.83. The number of carbonyl (C=O) groups is 1. The fraction of sp³-hybridized carbons (Fsp3) is 0.625.